The van der Waals surface area contributed by atoms with Gasteiger partial charge in [0.1, 0.15) is 5.75 Å². The minimum Gasteiger partial charge on any atom is -0.406 e. The van der Waals surface area contributed by atoms with Crippen molar-refractivity contribution < 1.29 is 22.6 Å². The molecule has 0 spiro atoms. The van der Waals surface area contributed by atoms with E-state index < -0.39 is 6.36 Å². The molecule has 1 aliphatic rings. The van der Waals surface area contributed by atoms with Crippen LogP contribution in [0.3, 0.4) is 0 Å². The zero-order chi connectivity index (χ0) is 16.9. The normalized spacial score (nSPS) is 17.5. The minimum absolute atomic E-state index is 0.156. The number of aliphatic imine (C=N–C) groups is 1. The van der Waals surface area contributed by atoms with Gasteiger partial charge in [-0.1, -0.05) is 12.1 Å². The van der Waals surface area contributed by atoms with Gasteiger partial charge >= 0.3 is 6.36 Å². The van der Waals surface area contributed by atoms with E-state index >= 15 is 0 Å². The monoisotopic (exact) mass is 331 g/mol. The summed E-state index contributed by atoms with van der Waals surface area (Å²) in [5.41, 5.74) is 6.36. The maximum absolute atomic E-state index is 12.1. The molecule has 0 heterocycles. The number of benzene rings is 1. The van der Waals surface area contributed by atoms with Gasteiger partial charge in [-0.3, -0.25) is 0 Å². The summed E-state index contributed by atoms with van der Waals surface area (Å²) in [6.45, 7) is 0.863. The second kappa shape index (κ2) is 7.08. The molecule has 3 N–H and O–H groups in total. The van der Waals surface area contributed by atoms with E-state index in [0.717, 1.165) is 24.8 Å². The Morgan fingerprint density at radius 3 is 2.43 bits per heavy atom. The highest BCUT2D eigenvalue weighted by molar-refractivity contribution is 5.77. The maximum Gasteiger partial charge on any atom is 0.573 e. The second-order valence-corrected chi connectivity index (χ2v) is 5.49. The van der Waals surface area contributed by atoms with Crippen LogP contribution in [0.1, 0.15) is 24.8 Å². The van der Waals surface area contributed by atoms with Crippen molar-refractivity contribution in [2.45, 2.75) is 37.8 Å². The Hall–Kier alpha value is -1.96. The van der Waals surface area contributed by atoms with E-state index in [1.807, 2.05) is 0 Å². The highest BCUT2D eigenvalue weighted by Crippen LogP contribution is 2.34. The lowest BCUT2D eigenvalue weighted by Gasteiger charge is -2.40. The molecule has 0 radical (unpaired) electrons. The second-order valence-electron chi connectivity index (χ2n) is 5.49. The summed E-state index contributed by atoms with van der Waals surface area (Å²) >= 11 is 0. The molecule has 2 rings (SSSR count). The lowest BCUT2D eigenvalue weighted by Crippen LogP contribution is -2.50. The van der Waals surface area contributed by atoms with Crippen molar-refractivity contribution in [3.05, 3.63) is 29.8 Å². The van der Waals surface area contributed by atoms with E-state index in [9.17, 15) is 13.2 Å². The lowest BCUT2D eigenvalue weighted by molar-refractivity contribution is -0.274. The van der Waals surface area contributed by atoms with Gasteiger partial charge in [0.05, 0.1) is 12.1 Å². The fourth-order valence-electron chi connectivity index (χ4n) is 2.30. The van der Waals surface area contributed by atoms with Crippen LogP contribution in [0.2, 0.25) is 0 Å². The number of halogens is 3. The average molecular weight is 331 g/mol. The van der Waals surface area contributed by atoms with Crippen LogP contribution in [-0.2, 0) is 11.3 Å². The van der Waals surface area contributed by atoms with Gasteiger partial charge in [-0.2, -0.15) is 0 Å². The first kappa shape index (κ1) is 17.4. The smallest absolute Gasteiger partial charge is 0.406 e. The van der Waals surface area contributed by atoms with E-state index in [0.29, 0.717) is 6.54 Å². The number of hydrogen-bond acceptors (Lipinski definition) is 3. The average Bonchev–Trinajstić information content (AvgIpc) is 2.44. The van der Waals surface area contributed by atoms with Crippen molar-refractivity contribution >= 4 is 5.96 Å². The first-order valence-electron chi connectivity index (χ1n) is 7.26. The van der Waals surface area contributed by atoms with Gasteiger partial charge in [-0.25, -0.2) is 4.99 Å². The number of alkyl halides is 3. The predicted molar refractivity (Wildman–Crippen MR) is 80.0 cm³/mol. The van der Waals surface area contributed by atoms with E-state index in [1.165, 1.54) is 24.3 Å². The number of methoxy groups -OCH3 is 1. The Balaban J connectivity index is 1.82. The van der Waals surface area contributed by atoms with Crippen LogP contribution in [-0.4, -0.2) is 31.6 Å². The molecule has 0 saturated heterocycles. The van der Waals surface area contributed by atoms with E-state index in [-0.39, 0.29) is 23.9 Å². The van der Waals surface area contributed by atoms with Crippen LogP contribution >= 0.6 is 0 Å². The highest BCUT2D eigenvalue weighted by atomic mass is 19.4. The van der Waals surface area contributed by atoms with Crippen LogP contribution < -0.4 is 15.8 Å². The minimum atomic E-state index is -4.69. The maximum atomic E-state index is 12.1. The summed E-state index contributed by atoms with van der Waals surface area (Å²) in [4.78, 5) is 4.16. The van der Waals surface area contributed by atoms with Gasteiger partial charge in [-0.15, -0.1) is 13.2 Å². The third kappa shape index (κ3) is 5.31. The van der Waals surface area contributed by atoms with Gasteiger partial charge in [0.25, 0.3) is 0 Å². The van der Waals surface area contributed by atoms with Crippen molar-refractivity contribution in [1.82, 2.24) is 5.32 Å². The lowest BCUT2D eigenvalue weighted by atomic mass is 9.80. The predicted octanol–water partition coefficient (Wildman–Crippen LogP) is 2.56. The summed E-state index contributed by atoms with van der Waals surface area (Å²) < 4.78 is 45.4. The van der Waals surface area contributed by atoms with Gasteiger partial charge < -0.3 is 20.5 Å². The summed E-state index contributed by atoms with van der Waals surface area (Å²) in [6.07, 6.45) is -1.57. The molecule has 23 heavy (non-hydrogen) atoms. The molecule has 8 heteroatoms. The largest absolute Gasteiger partial charge is 0.573 e. The molecule has 0 amide bonds. The molecule has 128 valence electrons. The molecule has 0 bridgehead atoms. The van der Waals surface area contributed by atoms with Crippen molar-refractivity contribution in [1.29, 1.82) is 0 Å². The standard InChI is InChI=1S/C15H20F3N3O2/c1-22-14(7-2-8-14)10-21-13(19)20-9-11-3-5-12(6-4-11)23-15(16,17)18/h3-6H,2,7-10H2,1H3,(H3,19,20,21). The molecule has 5 nitrogen and oxygen atoms in total. The zero-order valence-electron chi connectivity index (χ0n) is 12.8. The van der Waals surface area contributed by atoms with Gasteiger partial charge in [0, 0.05) is 13.7 Å². The van der Waals surface area contributed by atoms with Crippen molar-refractivity contribution in [2.75, 3.05) is 13.7 Å². The molecule has 1 saturated carbocycles. The van der Waals surface area contributed by atoms with Crippen LogP contribution in [0.5, 0.6) is 5.75 Å². The number of nitrogens with one attached hydrogen (secondary N) is 1. The molecule has 0 unspecified atom stereocenters. The van der Waals surface area contributed by atoms with E-state index in [2.05, 4.69) is 15.0 Å². The molecule has 0 atom stereocenters. The number of nitrogens with two attached hydrogens (primary N) is 1. The van der Waals surface area contributed by atoms with Crippen LogP contribution in [0.25, 0.3) is 0 Å². The topological polar surface area (TPSA) is 68.9 Å². The number of rotatable bonds is 6. The number of guanidine groups is 1. The Morgan fingerprint density at radius 2 is 1.96 bits per heavy atom. The summed E-state index contributed by atoms with van der Waals surface area (Å²) in [6, 6.07) is 5.52. The van der Waals surface area contributed by atoms with Crippen LogP contribution in [0.4, 0.5) is 13.2 Å². The van der Waals surface area contributed by atoms with Crippen LogP contribution in [0, 0.1) is 0 Å². The molecular formula is C15H20F3N3O2. The summed E-state index contributed by atoms with van der Waals surface area (Å²) in [5, 5.41) is 3.02. The fourth-order valence-corrected chi connectivity index (χ4v) is 2.30. The first-order valence-corrected chi connectivity index (χ1v) is 7.26. The third-order valence-corrected chi connectivity index (χ3v) is 3.88. The van der Waals surface area contributed by atoms with Crippen molar-refractivity contribution in [3.63, 3.8) is 0 Å². The van der Waals surface area contributed by atoms with Crippen molar-refractivity contribution in [3.8, 4) is 5.75 Å². The molecule has 0 aliphatic heterocycles. The van der Waals surface area contributed by atoms with Crippen LogP contribution in [0.15, 0.2) is 29.3 Å². The third-order valence-electron chi connectivity index (χ3n) is 3.88. The summed E-state index contributed by atoms with van der Waals surface area (Å²) in [7, 11) is 1.68. The number of nitrogens with zero attached hydrogens (tertiary/aromatic N) is 1. The molecule has 1 aliphatic carbocycles. The van der Waals surface area contributed by atoms with Gasteiger partial charge in [-0.05, 0) is 37.0 Å². The SMILES string of the molecule is COC1(CNC(N)=NCc2ccc(OC(F)(F)F)cc2)CCC1. The number of ether oxygens (including phenoxy) is 2. The Kier molecular flexibility index (Phi) is 5.35. The summed E-state index contributed by atoms with van der Waals surface area (Å²) in [5.74, 6) is 0.0206. The Bertz CT molecular complexity index is 534. The highest BCUT2D eigenvalue weighted by Gasteiger charge is 2.36. The fraction of sp³-hybridized carbons (Fsp3) is 0.533. The zero-order valence-corrected chi connectivity index (χ0v) is 12.8. The molecule has 0 aromatic heterocycles. The first-order chi connectivity index (χ1) is 10.8. The van der Waals surface area contributed by atoms with E-state index in [4.69, 9.17) is 10.5 Å². The molecular weight excluding hydrogens is 311 g/mol. The molecule has 1 aromatic carbocycles. The Morgan fingerprint density at radius 1 is 1.30 bits per heavy atom. The molecule has 1 fully saturated rings. The van der Waals surface area contributed by atoms with E-state index in [1.54, 1.807) is 7.11 Å². The number of hydrogen-bond donors (Lipinski definition) is 2. The molecule has 1 aromatic rings. The quantitative estimate of drug-likeness (QED) is 0.621. The van der Waals surface area contributed by atoms with Gasteiger partial charge in [0.15, 0.2) is 5.96 Å². The Labute approximate surface area is 132 Å². The van der Waals surface area contributed by atoms with Gasteiger partial charge in [0.2, 0.25) is 0 Å². The van der Waals surface area contributed by atoms with Crippen molar-refractivity contribution in [2.24, 2.45) is 10.7 Å².